The lowest BCUT2D eigenvalue weighted by Gasteiger charge is -1.98. The van der Waals surface area contributed by atoms with Crippen LogP contribution in [0.25, 0.3) is 0 Å². The highest BCUT2D eigenvalue weighted by Crippen LogP contribution is 2.23. The number of aromatic nitrogens is 1. The highest BCUT2D eigenvalue weighted by molar-refractivity contribution is 7.18. The minimum atomic E-state index is -1.03. The molecular formula is C18H17N3O5S2. The summed E-state index contributed by atoms with van der Waals surface area (Å²) in [5.74, 6) is -1.01. The Morgan fingerprint density at radius 2 is 1.86 bits per heavy atom. The highest BCUT2D eigenvalue weighted by atomic mass is 32.1. The number of benzene rings is 1. The van der Waals surface area contributed by atoms with Gasteiger partial charge >= 0.3 is 5.97 Å². The second-order valence-electron chi connectivity index (χ2n) is 5.26. The van der Waals surface area contributed by atoms with Gasteiger partial charge in [0.2, 0.25) is 5.91 Å². The van der Waals surface area contributed by atoms with Crippen molar-refractivity contribution in [3.8, 4) is 5.75 Å². The third kappa shape index (κ3) is 5.63. The number of anilines is 1. The molecule has 0 aliphatic carbocycles. The minimum Gasteiger partial charge on any atom is -0.497 e. The molecule has 3 aromatic rings. The first-order chi connectivity index (χ1) is 13.3. The lowest BCUT2D eigenvalue weighted by atomic mass is 10.2. The van der Waals surface area contributed by atoms with Gasteiger partial charge in [-0.3, -0.25) is 14.9 Å². The van der Waals surface area contributed by atoms with Crippen molar-refractivity contribution >= 4 is 45.6 Å². The van der Waals surface area contributed by atoms with Crippen LogP contribution in [-0.4, -0.2) is 35.0 Å². The Labute approximate surface area is 168 Å². The third-order valence-corrected chi connectivity index (χ3v) is 5.26. The number of amides is 2. The van der Waals surface area contributed by atoms with Gasteiger partial charge in [-0.2, -0.15) is 0 Å². The molecule has 0 radical (unpaired) electrons. The van der Waals surface area contributed by atoms with Gasteiger partial charge in [0.15, 0.2) is 5.13 Å². The number of thiophene rings is 1. The summed E-state index contributed by atoms with van der Waals surface area (Å²) in [6.07, 6.45) is 0. The van der Waals surface area contributed by atoms with Crippen molar-refractivity contribution in [2.75, 3.05) is 12.4 Å². The van der Waals surface area contributed by atoms with Crippen molar-refractivity contribution in [1.82, 2.24) is 4.98 Å². The summed E-state index contributed by atoms with van der Waals surface area (Å²) < 4.78 is 4.90. The fourth-order valence-corrected chi connectivity index (χ4v) is 3.39. The molecular weight excluding hydrogens is 402 g/mol. The largest absolute Gasteiger partial charge is 0.497 e. The summed E-state index contributed by atoms with van der Waals surface area (Å²) in [5.41, 5.74) is 5.92. The summed E-state index contributed by atoms with van der Waals surface area (Å²) in [5, 5.41) is 13.5. The number of carboxylic acid groups (broad SMARTS) is 1. The molecule has 0 aliphatic rings. The number of hydrogen-bond acceptors (Lipinski definition) is 7. The number of thiazole rings is 1. The zero-order valence-electron chi connectivity index (χ0n) is 15.0. The van der Waals surface area contributed by atoms with Crippen molar-refractivity contribution in [2.24, 2.45) is 5.73 Å². The van der Waals surface area contributed by atoms with E-state index < -0.39 is 11.9 Å². The number of hydrogen-bond donors (Lipinski definition) is 3. The number of carboxylic acids is 1. The van der Waals surface area contributed by atoms with Crippen LogP contribution in [0.5, 0.6) is 5.75 Å². The summed E-state index contributed by atoms with van der Waals surface area (Å²) in [7, 11) is 1.57. The van der Waals surface area contributed by atoms with Crippen LogP contribution in [0.2, 0.25) is 0 Å². The van der Waals surface area contributed by atoms with E-state index in [9.17, 15) is 14.4 Å². The fraction of sp³-hybridized carbons (Fsp3) is 0.111. The van der Waals surface area contributed by atoms with E-state index in [1.54, 1.807) is 55.8 Å². The van der Waals surface area contributed by atoms with E-state index in [4.69, 9.17) is 15.6 Å². The predicted molar refractivity (Wildman–Crippen MR) is 108 cm³/mol. The number of nitrogens with one attached hydrogen (secondary N) is 1. The predicted octanol–water partition coefficient (Wildman–Crippen LogP) is 3.26. The van der Waals surface area contributed by atoms with Gasteiger partial charge in [0.05, 0.1) is 17.7 Å². The number of methoxy groups -OCH3 is 1. The fourth-order valence-electron chi connectivity index (χ4n) is 1.97. The topological polar surface area (TPSA) is 132 Å². The number of carbonyl (C=O) groups is 3. The molecule has 2 amide bonds. The summed E-state index contributed by atoms with van der Waals surface area (Å²) in [6.45, 7) is 1.60. The zero-order chi connectivity index (χ0) is 20.7. The maximum atomic E-state index is 11.7. The summed E-state index contributed by atoms with van der Waals surface area (Å²) in [6, 6.07) is 10.1. The second-order valence-corrected chi connectivity index (χ2v) is 7.21. The van der Waals surface area contributed by atoms with Crippen LogP contribution >= 0.6 is 22.7 Å². The van der Waals surface area contributed by atoms with Crippen LogP contribution in [0.4, 0.5) is 5.13 Å². The molecule has 0 bridgehead atoms. The number of carbonyl (C=O) groups excluding carboxylic acids is 2. The van der Waals surface area contributed by atoms with Crippen molar-refractivity contribution in [2.45, 2.75) is 6.92 Å². The minimum absolute atomic E-state index is 0.145. The normalized spacial score (nSPS) is 9.79. The van der Waals surface area contributed by atoms with Gasteiger partial charge in [-0.25, -0.2) is 9.78 Å². The Morgan fingerprint density at radius 1 is 1.18 bits per heavy atom. The van der Waals surface area contributed by atoms with E-state index in [2.05, 4.69) is 10.3 Å². The summed E-state index contributed by atoms with van der Waals surface area (Å²) in [4.78, 5) is 37.8. The first kappa shape index (κ1) is 21.1. The lowest BCUT2D eigenvalue weighted by Crippen LogP contribution is -2.10. The van der Waals surface area contributed by atoms with E-state index in [0.29, 0.717) is 21.3 Å². The van der Waals surface area contributed by atoms with Crippen molar-refractivity contribution < 1.29 is 24.2 Å². The van der Waals surface area contributed by atoms with Gasteiger partial charge < -0.3 is 15.6 Å². The van der Waals surface area contributed by atoms with Crippen molar-refractivity contribution in [1.29, 1.82) is 0 Å². The molecule has 8 nitrogen and oxygen atoms in total. The van der Waals surface area contributed by atoms with Gasteiger partial charge in [0.1, 0.15) is 10.6 Å². The van der Waals surface area contributed by atoms with Crippen LogP contribution in [0.3, 0.4) is 0 Å². The van der Waals surface area contributed by atoms with Crippen LogP contribution < -0.4 is 15.8 Å². The number of nitrogens with zero attached hydrogens (tertiary/aromatic N) is 1. The second kappa shape index (κ2) is 9.62. The summed E-state index contributed by atoms with van der Waals surface area (Å²) >= 11 is 2.27. The molecule has 0 saturated carbocycles. The standard InChI is InChI=1S/C10H8N2O3S2.C8H9NO2/c1-5-7(9(14)15)17-10(11-5)12-8(13)6-3-2-4-16-6;1-11-7-4-2-6(3-5-7)8(9)10/h2-4H,1H3,(H,14,15)(H,11,12,13);2-5H,1H3,(H2,9,10). The van der Waals surface area contributed by atoms with Crippen LogP contribution in [0, 0.1) is 6.92 Å². The monoisotopic (exact) mass is 419 g/mol. The van der Waals surface area contributed by atoms with Crippen LogP contribution in [0.1, 0.15) is 35.4 Å². The molecule has 0 spiro atoms. The van der Waals surface area contributed by atoms with Gasteiger partial charge in [-0.05, 0) is 42.6 Å². The molecule has 146 valence electrons. The lowest BCUT2D eigenvalue weighted by molar-refractivity contribution is 0.0700. The number of primary amides is 1. The molecule has 0 unspecified atom stereocenters. The Kier molecular flexibility index (Phi) is 7.24. The average molecular weight is 419 g/mol. The number of nitrogens with two attached hydrogens (primary N) is 1. The van der Waals surface area contributed by atoms with Crippen LogP contribution in [0.15, 0.2) is 41.8 Å². The molecule has 2 aromatic heterocycles. The van der Waals surface area contributed by atoms with Crippen molar-refractivity contribution in [3.05, 3.63) is 62.8 Å². The smallest absolute Gasteiger partial charge is 0.347 e. The molecule has 1 aromatic carbocycles. The molecule has 0 aliphatic heterocycles. The van der Waals surface area contributed by atoms with Crippen molar-refractivity contribution in [3.63, 3.8) is 0 Å². The zero-order valence-corrected chi connectivity index (χ0v) is 16.6. The Morgan fingerprint density at radius 3 is 2.32 bits per heavy atom. The van der Waals surface area contributed by atoms with E-state index in [0.717, 1.165) is 17.1 Å². The number of rotatable bonds is 5. The van der Waals surface area contributed by atoms with E-state index in [-0.39, 0.29) is 10.8 Å². The number of ether oxygens (including phenoxy) is 1. The maximum Gasteiger partial charge on any atom is 0.347 e. The SMILES string of the molecule is COc1ccc(C(N)=O)cc1.Cc1nc(NC(=O)c2cccs2)sc1C(=O)O. The van der Waals surface area contributed by atoms with Gasteiger partial charge in [-0.15, -0.1) is 11.3 Å². The van der Waals surface area contributed by atoms with Gasteiger partial charge in [0, 0.05) is 5.56 Å². The van der Waals surface area contributed by atoms with Gasteiger partial charge in [-0.1, -0.05) is 17.4 Å². The van der Waals surface area contributed by atoms with Gasteiger partial charge in [0.25, 0.3) is 5.91 Å². The van der Waals surface area contributed by atoms with Crippen LogP contribution in [-0.2, 0) is 0 Å². The van der Waals surface area contributed by atoms with E-state index in [1.807, 2.05) is 0 Å². The first-order valence-electron chi connectivity index (χ1n) is 7.81. The quantitative estimate of drug-likeness (QED) is 0.582. The third-order valence-electron chi connectivity index (χ3n) is 3.33. The van der Waals surface area contributed by atoms with E-state index in [1.165, 1.54) is 11.3 Å². The van der Waals surface area contributed by atoms with E-state index >= 15 is 0 Å². The number of aryl methyl sites for hydroxylation is 1. The molecule has 0 saturated heterocycles. The highest BCUT2D eigenvalue weighted by Gasteiger charge is 2.16. The molecule has 10 heteroatoms. The molecule has 3 rings (SSSR count). The molecule has 28 heavy (non-hydrogen) atoms. The Bertz CT molecular complexity index is 966. The number of aromatic carboxylic acids is 1. The Hall–Kier alpha value is -3.24. The Balaban J connectivity index is 0.000000221. The molecule has 4 N–H and O–H groups in total. The molecule has 2 heterocycles. The first-order valence-corrected chi connectivity index (χ1v) is 9.51. The molecule has 0 fully saturated rings. The average Bonchev–Trinajstić information content (AvgIpc) is 3.32. The maximum absolute atomic E-state index is 11.7. The molecule has 0 atom stereocenters.